The molecule has 5 rings (SSSR count). The first-order valence-electron chi connectivity index (χ1n) is 16.6. The summed E-state index contributed by atoms with van der Waals surface area (Å²) >= 11 is 0. The molecule has 1 aliphatic heterocycles. The molecule has 1 aromatic rings. The minimum Gasteiger partial charge on any atom is -0.504 e. The minimum atomic E-state index is -1.95. The first kappa shape index (κ1) is 36.1. The number of ketones is 2. The van der Waals surface area contributed by atoms with E-state index in [4.69, 9.17) is 9.47 Å². The van der Waals surface area contributed by atoms with Crippen molar-refractivity contribution in [1.82, 2.24) is 0 Å². The molecular weight excluding hydrogens is 612 g/mol. The van der Waals surface area contributed by atoms with Gasteiger partial charge < -0.3 is 50.3 Å². The molecule has 0 spiro atoms. The van der Waals surface area contributed by atoms with Gasteiger partial charge in [0.25, 0.3) is 0 Å². The molecule has 1 saturated heterocycles. The molecule has 8 N–H and O–H groups in total. The second-order valence-corrected chi connectivity index (χ2v) is 16.1. The fraction of sp³-hybridized carbons (Fsp3) is 0.771. The minimum absolute atomic E-state index is 0.0323. The molecule has 3 aliphatic carbocycles. The summed E-state index contributed by atoms with van der Waals surface area (Å²) in [5.74, 6) is -2.26. The standard InChI is InChI=1S/C35H52O12/c1-16-17-8-9-22-32(4)13-19(37)29(35(7,45)23(38)10-11-31(2,3)44)33(32,5)14-24(39)34(22,6)18(17)12-20(25(16)40)46-30-28(43)27(42)26(41)21(15-36)47-30/h12,19,21-22,26-30,36-37,40-45H,8-11,13-15H2,1-7H3/t19-,21-,22-,26-,27+,28-,29+,30+,32+,33-,34+,35+/m1/s1. The summed E-state index contributed by atoms with van der Waals surface area (Å²) in [6, 6.07) is 1.55. The molecule has 12 atom stereocenters. The molecule has 1 aromatic carbocycles. The molecule has 0 bridgehead atoms. The summed E-state index contributed by atoms with van der Waals surface area (Å²) in [6.07, 6.45) is -7.54. The Hall–Kier alpha value is -2.16. The molecule has 0 aromatic heterocycles. The molecule has 0 unspecified atom stereocenters. The number of aromatic hydroxyl groups is 1. The van der Waals surface area contributed by atoms with Crippen LogP contribution in [0.2, 0.25) is 0 Å². The highest BCUT2D eigenvalue weighted by molar-refractivity contribution is 5.94. The highest BCUT2D eigenvalue weighted by Gasteiger charge is 2.73. The largest absolute Gasteiger partial charge is 0.504 e. The van der Waals surface area contributed by atoms with Crippen LogP contribution >= 0.6 is 0 Å². The van der Waals surface area contributed by atoms with Crippen LogP contribution in [0.4, 0.5) is 0 Å². The molecular formula is C35H52O12. The van der Waals surface area contributed by atoms with Crippen LogP contribution in [0.1, 0.15) is 90.3 Å². The van der Waals surface area contributed by atoms with Gasteiger partial charge in [-0.05, 0) is 99.8 Å². The maximum atomic E-state index is 14.6. The van der Waals surface area contributed by atoms with Crippen molar-refractivity contribution in [3.63, 3.8) is 0 Å². The first-order chi connectivity index (χ1) is 21.6. The van der Waals surface area contributed by atoms with Crippen LogP contribution in [0.15, 0.2) is 6.07 Å². The highest BCUT2D eigenvalue weighted by Crippen LogP contribution is 2.72. The molecule has 0 amide bonds. The molecule has 1 heterocycles. The number of hydrogen-bond acceptors (Lipinski definition) is 12. The number of hydrogen-bond donors (Lipinski definition) is 8. The van der Waals surface area contributed by atoms with Crippen molar-refractivity contribution in [3.05, 3.63) is 22.8 Å². The molecule has 12 nitrogen and oxygen atoms in total. The number of Topliss-reactive ketones (excluding diaryl/α,β-unsaturated/α-hetero) is 2. The maximum absolute atomic E-state index is 14.6. The van der Waals surface area contributed by atoms with E-state index in [1.54, 1.807) is 26.8 Å². The van der Waals surface area contributed by atoms with E-state index in [0.717, 1.165) is 5.56 Å². The number of fused-ring (bicyclic) bond motifs is 5. The van der Waals surface area contributed by atoms with E-state index in [1.807, 2.05) is 20.8 Å². The van der Waals surface area contributed by atoms with Crippen molar-refractivity contribution in [3.8, 4) is 11.5 Å². The summed E-state index contributed by atoms with van der Waals surface area (Å²) in [4.78, 5) is 28.0. The predicted molar refractivity (Wildman–Crippen MR) is 168 cm³/mol. The van der Waals surface area contributed by atoms with Gasteiger partial charge >= 0.3 is 0 Å². The van der Waals surface area contributed by atoms with Gasteiger partial charge in [0.1, 0.15) is 35.8 Å². The van der Waals surface area contributed by atoms with Crippen LogP contribution in [0.3, 0.4) is 0 Å². The Labute approximate surface area is 275 Å². The van der Waals surface area contributed by atoms with Crippen LogP contribution in [-0.4, -0.2) is 107 Å². The molecule has 0 radical (unpaired) electrons. The van der Waals surface area contributed by atoms with Crippen LogP contribution in [0.5, 0.6) is 11.5 Å². The average Bonchev–Trinajstić information content (AvgIpc) is 3.19. The third-order valence-corrected chi connectivity index (χ3v) is 12.7. The van der Waals surface area contributed by atoms with Crippen molar-refractivity contribution in [2.45, 2.75) is 140 Å². The topological polar surface area (TPSA) is 214 Å². The number of aliphatic hydroxyl groups excluding tert-OH is 5. The lowest BCUT2D eigenvalue weighted by molar-refractivity contribution is -0.277. The number of phenolic OH excluding ortho intramolecular Hbond substituents is 1. The Morgan fingerprint density at radius 3 is 2.28 bits per heavy atom. The first-order valence-corrected chi connectivity index (χ1v) is 16.6. The fourth-order valence-corrected chi connectivity index (χ4v) is 9.82. The lowest BCUT2D eigenvalue weighted by Gasteiger charge is -2.61. The zero-order chi connectivity index (χ0) is 35.2. The average molecular weight is 665 g/mol. The quantitative estimate of drug-likeness (QED) is 0.195. The van der Waals surface area contributed by atoms with Crippen molar-refractivity contribution in [1.29, 1.82) is 0 Å². The number of aliphatic hydroxyl groups is 7. The fourth-order valence-electron chi connectivity index (χ4n) is 9.82. The van der Waals surface area contributed by atoms with Crippen molar-refractivity contribution in [2.24, 2.45) is 22.7 Å². The van der Waals surface area contributed by atoms with Gasteiger partial charge in [0.05, 0.1) is 23.7 Å². The molecule has 3 fully saturated rings. The van der Waals surface area contributed by atoms with E-state index < -0.39 is 82.6 Å². The summed E-state index contributed by atoms with van der Waals surface area (Å²) in [5.41, 5.74) is -3.99. The van der Waals surface area contributed by atoms with Crippen LogP contribution in [-0.2, 0) is 26.2 Å². The monoisotopic (exact) mass is 664 g/mol. The number of rotatable bonds is 8. The lowest BCUT2D eigenvalue weighted by atomic mass is 9.41. The van der Waals surface area contributed by atoms with Gasteiger partial charge in [0.15, 0.2) is 17.3 Å². The number of benzene rings is 1. The van der Waals surface area contributed by atoms with Gasteiger partial charge in [-0.2, -0.15) is 0 Å². The Balaban J connectivity index is 1.53. The Kier molecular flexibility index (Phi) is 9.01. The van der Waals surface area contributed by atoms with Gasteiger partial charge in [-0.15, -0.1) is 0 Å². The Bertz CT molecular complexity index is 1420. The molecule has 12 heteroatoms. The van der Waals surface area contributed by atoms with E-state index in [-0.39, 0.29) is 48.9 Å². The Morgan fingerprint density at radius 2 is 1.68 bits per heavy atom. The number of ether oxygens (including phenoxy) is 2. The van der Waals surface area contributed by atoms with Crippen LogP contribution < -0.4 is 4.74 Å². The lowest BCUT2D eigenvalue weighted by Crippen LogP contribution is -2.63. The summed E-state index contributed by atoms with van der Waals surface area (Å²) in [7, 11) is 0. The summed E-state index contributed by atoms with van der Waals surface area (Å²) in [5, 5.41) is 85.5. The van der Waals surface area contributed by atoms with Crippen molar-refractivity contribution in [2.75, 3.05) is 6.61 Å². The van der Waals surface area contributed by atoms with E-state index in [9.17, 15) is 50.4 Å². The number of phenols is 1. The summed E-state index contributed by atoms with van der Waals surface area (Å²) < 4.78 is 11.4. The number of carbonyl (C=O) groups excluding carboxylic acids is 2. The van der Waals surface area contributed by atoms with Gasteiger partial charge in [0, 0.05) is 18.8 Å². The van der Waals surface area contributed by atoms with Gasteiger partial charge in [-0.25, -0.2) is 0 Å². The zero-order valence-corrected chi connectivity index (χ0v) is 28.4. The van der Waals surface area contributed by atoms with Crippen LogP contribution in [0, 0.1) is 29.6 Å². The highest BCUT2D eigenvalue weighted by atomic mass is 16.7. The SMILES string of the molecule is Cc1c(O)c(O[C@H]2O[C@H](CO)[C@@H](O)[C@H](O)[C@H]2O)cc2c1CC[C@H]1[C@@]2(C)C(=O)C[C@]2(C)[C@@H]([C@@](C)(O)C(=O)CCC(C)(C)O)[C@H](O)C[C@@]12C. The maximum Gasteiger partial charge on any atom is 0.229 e. The van der Waals surface area contributed by atoms with Gasteiger partial charge in [-0.1, -0.05) is 13.8 Å². The Morgan fingerprint density at radius 1 is 1.04 bits per heavy atom. The van der Waals surface area contributed by atoms with Crippen molar-refractivity contribution < 1.29 is 59.9 Å². The van der Waals surface area contributed by atoms with E-state index in [2.05, 4.69) is 0 Å². The van der Waals surface area contributed by atoms with Gasteiger partial charge in [0.2, 0.25) is 6.29 Å². The van der Waals surface area contributed by atoms with E-state index >= 15 is 0 Å². The van der Waals surface area contributed by atoms with E-state index in [1.165, 1.54) is 6.92 Å². The van der Waals surface area contributed by atoms with Gasteiger partial charge in [-0.3, -0.25) is 9.59 Å². The molecule has 4 aliphatic rings. The third kappa shape index (κ3) is 5.34. The predicted octanol–water partition coefficient (Wildman–Crippen LogP) is 0.937. The smallest absolute Gasteiger partial charge is 0.229 e. The second kappa shape index (κ2) is 11.7. The summed E-state index contributed by atoms with van der Waals surface area (Å²) in [6.45, 7) is 11.4. The zero-order valence-electron chi connectivity index (χ0n) is 28.4. The molecule has 264 valence electrons. The second-order valence-electron chi connectivity index (χ2n) is 16.1. The van der Waals surface area contributed by atoms with E-state index in [0.29, 0.717) is 24.0 Å². The molecule has 2 saturated carbocycles. The number of carbonyl (C=O) groups is 2. The third-order valence-electron chi connectivity index (χ3n) is 12.7. The van der Waals surface area contributed by atoms with Crippen LogP contribution in [0.25, 0.3) is 0 Å². The molecule has 47 heavy (non-hydrogen) atoms. The normalized spacial score (nSPS) is 41.4. The van der Waals surface area contributed by atoms with Crippen molar-refractivity contribution >= 4 is 11.6 Å².